The van der Waals surface area contributed by atoms with E-state index in [2.05, 4.69) is 0 Å². The molecule has 0 aromatic heterocycles. The average Bonchev–Trinajstić information content (AvgIpc) is 2.26. The van der Waals surface area contributed by atoms with Gasteiger partial charge in [0.05, 0.1) is 26.5 Å². The molecule has 1 rings (SSSR count). The van der Waals surface area contributed by atoms with Crippen molar-refractivity contribution in [2.24, 2.45) is 0 Å². The Balaban J connectivity index is 2.78. The summed E-state index contributed by atoms with van der Waals surface area (Å²) in [4.78, 5) is 0.423. The lowest BCUT2D eigenvalue weighted by molar-refractivity contribution is 0.598. The fourth-order valence-corrected chi connectivity index (χ4v) is 4.23. The zero-order valence-corrected chi connectivity index (χ0v) is 11.7. The topological polar surface area (TPSA) is 77.2 Å². The van der Waals surface area contributed by atoms with Crippen LogP contribution in [0.5, 0.6) is 0 Å². The molecule has 2 N–H and O–H groups in total. The van der Waals surface area contributed by atoms with Gasteiger partial charge in [0.25, 0.3) is 0 Å². The van der Waals surface area contributed by atoms with E-state index in [0.29, 0.717) is 15.6 Å². The number of hydrogen-bond acceptors (Lipinski definition) is 4. The number of rotatable bonds is 5. The van der Waals surface area contributed by atoms with E-state index in [4.69, 9.17) is 17.3 Å². The van der Waals surface area contributed by atoms with Crippen LogP contribution in [0.25, 0.3) is 0 Å². The second kappa shape index (κ2) is 5.84. The summed E-state index contributed by atoms with van der Waals surface area (Å²) in [5, 5.41) is 0.303. The van der Waals surface area contributed by atoms with Crippen molar-refractivity contribution in [1.82, 2.24) is 0 Å². The average molecular weight is 296 g/mol. The Morgan fingerprint density at radius 3 is 2.59 bits per heavy atom. The van der Waals surface area contributed by atoms with Gasteiger partial charge >= 0.3 is 0 Å². The molecular formula is C10H14ClNO3S2. The lowest BCUT2D eigenvalue weighted by Gasteiger charge is -2.05. The largest absolute Gasteiger partial charge is 0.399 e. The van der Waals surface area contributed by atoms with Gasteiger partial charge in [-0.15, -0.1) is 0 Å². The summed E-state index contributed by atoms with van der Waals surface area (Å²) in [7, 11) is -4.52. The van der Waals surface area contributed by atoms with Crippen molar-refractivity contribution in [3.8, 4) is 0 Å². The number of hydrogen-bond donors (Lipinski definition) is 1. The van der Waals surface area contributed by atoms with Crippen LogP contribution in [0.15, 0.2) is 23.1 Å². The highest BCUT2D eigenvalue weighted by Crippen LogP contribution is 2.22. The van der Waals surface area contributed by atoms with E-state index in [1.54, 1.807) is 19.1 Å². The molecule has 0 saturated heterocycles. The van der Waals surface area contributed by atoms with E-state index in [1.807, 2.05) is 0 Å². The maximum atomic E-state index is 11.9. The van der Waals surface area contributed by atoms with Crippen LogP contribution >= 0.6 is 11.6 Å². The van der Waals surface area contributed by atoms with E-state index in [-0.39, 0.29) is 17.3 Å². The van der Waals surface area contributed by atoms with Crippen molar-refractivity contribution in [2.45, 2.75) is 11.8 Å². The fourth-order valence-electron chi connectivity index (χ4n) is 1.16. The molecule has 17 heavy (non-hydrogen) atoms. The molecule has 0 bridgehead atoms. The Morgan fingerprint density at radius 2 is 2.06 bits per heavy atom. The number of nitrogens with two attached hydrogens (primary N) is 1. The molecule has 1 atom stereocenters. The monoisotopic (exact) mass is 295 g/mol. The third kappa shape index (κ3) is 4.29. The molecule has 4 nitrogen and oxygen atoms in total. The van der Waals surface area contributed by atoms with Crippen molar-refractivity contribution >= 4 is 37.9 Å². The molecule has 0 saturated carbocycles. The van der Waals surface area contributed by atoms with E-state index in [0.717, 1.165) is 0 Å². The third-order valence-corrected chi connectivity index (χ3v) is 6.03. The lowest BCUT2D eigenvalue weighted by Crippen LogP contribution is -2.15. The van der Waals surface area contributed by atoms with E-state index >= 15 is 0 Å². The Morgan fingerprint density at radius 1 is 1.41 bits per heavy atom. The smallest absolute Gasteiger partial charge is 0.150 e. The van der Waals surface area contributed by atoms with Crippen LogP contribution in [0.1, 0.15) is 6.92 Å². The van der Waals surface area contributed by atoms with Crippen LogP contribution in [0, 0.1) is 0 Å². The maximum absolute atomic E-state index is 11.9. The van der Waals surface area contributed by atoms with Gasteiger partial charge in [-0.3, -0.25) is 4.21 Å². The Labute approximate surface area is 109 Å². The van der Waals surface area contributed by atoms with Gasteiger partial charge in [-0.05, 0) is 18.2 Å². The highest BCUT2D eigenvalue weighted by molar-refractivity contribution is 7.93. The van der Waals surface area contributed by atoms with Gasteiger partial charge in [-0.2, -0.15) is 0 Å². The van der Waals surface area contributed by atoms with Gasteiger partial charge in [-0.1, -0.05) is 18.5 Å². The standard InChI is InChI=1S/C10H14ClNO3S2/c1-2-17(14,15)6-5-16(13)10-4-3-8(12)7-9(10)11/h3-4,7H,2,5-6,12H2,1H3. The first-order valence-electron chi connectivity index (χ1n) is 4.99. The number of halogens is 1. The van der Waals surface area contributed by atoms with Crippen LogP contribution in [0.3, 0.4) is 0 Å². The molecule has 1 aromatic rings. The first-order valence-corrected chi connectivity index (χ1v) is 8.51. The summed E-state index contributed by atoms with van der Waals surface area (Å²) in [6, 6.07) is 4.66. The molecule has 96 valence electrons. The number of anilines is 1. The minimum atomic E-state index is -3.10. The second-order valence-corrected chi connectivity index (χ2v) is 7.89. The predicted octanol–water partition coefficient (Wildman–Crippen LogP) is 1.46. The van der Waals surface area contributed by atoms with Gasteiger partial charge in [0.2, 0.25) is 0 Å². The van der Waals surface area contributed by atoms with Crippen molar-refractivity contribution in [3.05, 3.63) is 23.2 Å². The normalized spacial score (nSPS) is 13.5. The highest BCUT2D eigenvalue weighted by Gasteiger charge is 2.13. The van der Waals surface area contributed by atoms with Crippen molar-refractivity contribution in [2.75, 3.05) is 23.0 Å². The summed E-state index contributed by atoms with van der Waals surface area (Å²) in [6.07, 6.45) is 0. The predicted molar refractivity (Wildman–Crippen MR) is 71.5 cm³/mol. The van der Waals surface area contributed by atoms with E-state index < -0.39 is 20.6 Å². The molecule has 0 amide bonds. The molecule has 0 aliphatic heterocycles. The minimum absolute atomic E-state index is 0.0552. The zero-order valence-electron chi connectivity index (χ0n) is 9.35. The van der Waals surface area contributed by atoms with E-state index in [9.17, 15) is 12.6 Å². The fraction of sp³-hybridized carbons (Fsp3) is 0.400. The summed E-state index contributed by atoms with van der Waals surface area (Å²) in [6.45, 7) is 1.56. The molecular weight excluding hydrogens is 282 g/mol. The van der Waals surface area contributed by atoms with Crippen molar-refractivity contribution in [1.29, 1.82) is 0 Å². The van der Waals surface area contributed by atoms with Gasteiger partial charge in [-0.25, -0.2) is 8.42 Å². The molecule has 1 unspecified atom stereocenters. The van der Waals surface area contributed by atoms with Crippen LogP contribution in [0.4, 0.5) is 5.69 Å². The lowest BCUT2D eigenvalue weighted by atomic mass is 10.3. The molecule has 1 aromatic carbocycles. The van der Waals surface area contributed by atoms with Gasteiger partial charge in [0, 0.05) is 17.2 Å². The van der Waals surface area contributed by atoms with Crippen LogP contribution in [-0.2, 0) is 20.6 Å². The summed E-state index contributed by atoms with van der Waals surface area (Å²) >= 11 is 5.89. The third-order valence-electron chi connectivity index (χ3n) is 2.22. The Kier molecular flexibility index (Phi) is 4.97. The summed E-state index contributed by atoms with van der Waals surface area (Å²) < 4.78 is 34.4. The summed E-state index contributed by atoms with van der Waals surface area (Å²) in [5.41, 5.74) is 6.00. The SMILES string of the molecule is CCS(=O)(=O)CCS(=O)c1ccc(N)cc1Cl. The minimum Gasteiger partial charge on any atom is -0.399 e. The van der Waals surface area contributed by atoms with Crippen molar-refractivity contribution in [3.63, 3.8) is 0 Å². The molecule has 7 heteroatoms. The number of benzene rings is 1. The zero-order chi connectivity index (χ0) is 13.1. The van der Waals surface area contributed by atoms with Crippen molar-refractivity contribution < 1.29 is 12.6 Å². The van der Waals surface area contributed by atoms with Gasteiger partial charge in [0.1, 0.15) is 0 Å². The quantitative estimate of drug-likeness (QED) is 0.834. The van der Waals surface area contributed by atoms with Crippen LogP contribution < -0.4 is 5.73 Å². The first-order chi connectivity index (χ1) is 7.85. The molecule has 0 spiro atoms. The molecule has 0 radical (unpaired) electrons. The number of sulfone groups is 1. The molecule has 0 heterocycles. The first kappa shape index (κ1) is 14.5. The highest BCUT2D eigenvalue weighted by atomic mass is 35.5. The Hall–Kier alpha value is -0.590. The second-order valence-electron chi connectivity index (χ2n) is 3.48. The molecule has 0 fully saturated rings. The number of nitrogen functional groups attached to an aromatic ring is 1. The molecule has 0 aliphatic rings. The maximum Gasteiger partial charge on any atom is 0.150 e. The van der Waals surface area contributed by atoms with Gasteiger partial charge in [0.15, 0.2) is 9.84 Å². The summed E-state index contributed by atoms with van der Waals surface area (Å²) in [5.74, 6) is 0.0102. The van der Waals surface area contributed by atoms with Crippen LogP contribution in [-0.4, -0.2) is 29.9 Å². The van der Waals surface area contributed by atoms with E-state index in [1.165, 1.54) is 6.07 Å². The van der Waals surface area contributed by atoms with Crippen LogP contribution in [0.2, 0.25) is 5.02 Å². The Bertz CT molecular complexity index is 528. The molecule has 0 aliphatic carbocycles. The van der Waals surface area contributed by atoms with Gasteiger partial charge < -0.3 is 5.73 Å².